The SMILES string of the molecule is COc1ccc(S(=O)(=O)N(CC(=O)N(Cc2ccccc2)[C@H](C)C(=O)NC(C)(C)C)c2cc(C)cc(C)c2)cc1OC. The van der Waals surface area contributed by atoms with E-state index in [1.54, 1.807) is 19.1 Å². The van der Waals surface area contributed by atoms with Gasteiger partial charge in [-0.2, -0.15) is 0 Å². The molecular formula is C32H41N3O6S. The van der Waals surface area contributed by atoms with Crippen molar-refractivity contribution in [2.75, 3.05) is 25.1 Å². The van der Waals surface area contributed by atoms with Crippen LogP contribution in [0.4, 0.5) is 5.69 Å². The molecule has 0 saturated heterocycles. The van der Waals surface area contributed by atoms with Crippen molar-refractivity contribution in [3.8, 4) is 11.5 Å². The van der Waals surface area contributed by atoms with Gasteiger partial charge >= 0.3 is 0 Å². The van der Waals surface area contributed by atoms with Gasteiger partial charge in [-0.05, 0) is 82.5 Å². The quantitative estimate of drug-likeness (QED) is 0.340. The zero-order valence-corrected chi connectivity index (χ0v) is 26.4. The minimum atomic E-state index is -4.27. The maximum Gasteiger partial charge on any atom is 0.264 e. The highest BCUT2D eigenvalue weighted by Gasteiger charge is 2.34. The van der Waals surface area contributed by atoms with Crippen molar-refractivity contribution in [1.82, 2.24) is 10.2 Å². The average molecular weight is 596 g/mol. The molecule has 2 amide bonds. The highest BCUT2D eigenvalue weighted by molar-refractivity contribution is 7.92. The molecule has 1 atom stereocenters. The largest absolute Gasteiger partial charge is 0.493 e. The van der Waals surface area contributed by atoms with E-state index in [-0.39, 0.29) is 23.1 Å². The fourth-order valence-corrected chi connectivity index (χ4v) is 5.98. The van der Waals surface area contributed by atoms with E-state index in [1.165, 1.54) is 37.3 Å². The molecule has 42 heavy (non-hydrogen) atoms. The molecule has 0 heterocycles. The molecule has 0 spiro atoms. The highest BCUT2D eigenvalue weighted by atomic mass is 32.2. The van der Waals surface area contributed by atoms with Gasteiger partial charge in [0.2, 0.25) is 11.8 Å². The molecule has 10 heteroatoms. The standard InChI is InChI=1S/C32H41N3O6S/c1-22-16-23(2)18-26(17-22)35(42(38,39)27-14-15-28(40-7)29(19-27)41-8)21-30(36)34(20-25-12-10-9-11-13-25)24(3)31(37)33-32(4,5)6/h9-19,24H,20-21H2,1-8H3,(H,33,37)/t24-/m1/s1. The van der Waals surface area contributed by atoms with E-state index in [0.717, 1.165) is 21.0 Å². The first-order valence-electron chi connectivity index (χ1n) is 13.6. The van der Waals surface area contributed by atoms with Gasteiger partial charge in [0, 0.05) is 18.2 Å². The van der Waals surface area contributed by atoms with Crippen LogP contribution >= 0.6 is 0 Å². The number of benzene rings is 3. The number of ether oxygens (including phenoxy) is 2. The lowest BCUT2D eigenvalue weighted by atomic mass is 10.1. The van der Waals surface area contributed by atoms with Gasteiger partial charge in [0.25, 0.3) is 10.0 Å². The van der Waals surface area contributed by atoms with Crippen LogP contribution in [0.3, 0.4) is 0 Å². The summed E-state index contributed by atoms with van der Waals surface area (Å²) in [6, 6.07) is 18.1. The third kappa shape index (κ3) is 8.03. The zero-order chi connectivity index (χ0) is 31.2. The maximum atomic E-state index is 14.2. The van der Waals surface area contributed by atoms with Crippen LogP contribution < -0.4 is 19.1 Å². The summed E-state index contributed by atoms with van der Waals surface area (Å²) in [6.45, 7) is 10.5. The molecule has 226 valence electrons. The Balaban J connectivity index is 2.10. The Morgan fingerprint density at radius 2 is 1.48 bits per heavy atom. The molecule has 0 fully saturated rings. The monoisotopic (exact) mass is 595 g/mol. The van der Waals surface area contributed by atoms with Gasteiger partial charge in [-0.1, -0.05) is 36.4 Å². The Morgan fingerprint density at radius 1 is 0.881 bits per heavy atom. The molecule has 0 bridgehead atoms. The molecule has 0 aromatic heterocycles. The van der Waals surface area contributed by atoms with E-state index in [2.05, 4.69) is 5.32 Å². The topological polar surface area (TPSA) is 105 Å². The third-order valence-electron chi connectivity index (χ3n) is 6.58. The Kier molecular flexibility index (Phi) is 10.3. The minimum Gasteiger partial charge on any atom is -0.493 e. The molecule has 3 rings (SSSR count). The lowest BCUT2D eigenvalue weighted by Crippen LogP contribution is -2.54. The number of sulfonamides is 1. The van der Waals surface area contributed by atoms with Crippen LogP contribution in [0.1, 0.15) is 44.4 Å². The van der Waals surface area contributed by atoms with Crippen molar-refractivity contribution in [3.63, 3.8) is 0 Å². The number of carbonyl (C=O) groups is 2. The predicted octanol–water partition coefficient (Wildman–Crippen LogP) is 4.85. The Hall–Kier alpha value is -4.05. The summed E-state index contributed by atoms with van der Waals surface area (Å²) in [5.41, 5.74) is 2.30. The lowest BCUT2D eigenvalue weighted by molar-refractivity contribution is -0.140. The van der Waals surface area contributed by atoms with Crippen molar-refractivity contribution in [3.05, 3.63) is 83.4 Å². The van der Waals surface area contributed by atoms with Gasteiger partial charge < -0.3 is 19.7 Å². The number of rotatable bonds is 11. The summed E-state index contributed by atoms with van der Waals surface area (Å²) in [7, 11) is -1.39. The molecule has 3 aromatic carbocycles. The number of nitrogens with zero attached hydrogens (tertiary/aromatic N) is 2. The molecule has 3 aromatic rings. The first-order valence-corrected chi connectivity index (χ1v) is 15.1. The second-order valence-electron chi connectivity index (χ2n) is 11.3. The second kappa shape index (κ2) is 13.3. The molecule has 0 aliphatic heterocycles. The van der Waals surface area contributed by atoms with Crippen molar-refractivity contribution < 1.29 is 27.5 Å². The predicted molar refractivity (Wildman–Crippen MR) is 164 cm³/mol. The second-order valence-corrected chi connectivity index (χ2v) is 13.2. The summed E-state index contributed by atoms with van der Waals surface area (Å²) in [5.74, 6) is -0.257. The molecule has 9 nitrogen and oxygen atoms in total. The van der Waals surface area contributed by atoms with Crippen LogP contribution in [0.15, 0.2) is 71.6 Å². The van der Waals surface area contributed by atoms with E-state index < -0.39 is 34.1 Å². The number of hydrogen-bond acceptors (Lipinski definition) is 6. The number of carbonyl (C=O) groups excluding carboxylic acids is 2. The first kappa shape index (κ1) is 32.5. The van der Waals surface area contributed by atoms with E-state index in [1.807, 2.05) is 71.0 Å². The number of amides is 2. The maximum absolute atomic E-state index is 14.2. The average Bonchev–Trinajstić information content (AvgIpc) is 2.92. The molecule has 1 N–H and O–H groups in total. The van der Waals surface area contributed by atoms with Gasteiger partial charge in [-0.25, -0.2) is 8.42 Å². The fourth-order valence-electron chi connectivity index (χ4n) is 4.56. The summed E-state index contributed by atoms with van der Waals surface area (Å²) in [4.78, 5) is 28.7. The van der Waals surface area contributed by atoms with Crippen LogP contribution in [-0.4, -0.2) is 57.5 Å². The molecular weight excluding hydrogens is 554 g/mol. The van der Waals surface area contributed by atoms with Crippen molar-refractivity contribution in [1.29, 1.82) is 0 Å². The van der Waals surface area contributed by atoms with Crippen LogP contribution in [0.2, 0.25) is 0 Å². The molecule has 0 unspecified atom stereocenters. The molecule has 0 saturated carbocycles. The van der Waals surface area contributed by atoms with Gasteiger partial charge in [0.15, 0.2) is 11.5 Å². The van der Waals surface area contributed by atoms with Gasteiger partial charge in [-0.3, -0.25) is 13.9 Å². The van der Waals surface area contributed by atoms with Crippen LogP contribution in [-0.2, 0) is 26.2 Å². The fraction of sp³-hybridized carbons (Fsp3) is 0.375. The number of aryl methyl sites for hydroxylation is 2. The van der Waals surface area contributed by atoms with E-state index >= 15 is 0 Å². The zero-order valence-electron chi connectivity index (χ0n) is 25.6. The molecule has 0 radical (unpaired) electrons. The summed E-state index contributed by atoms with van der Waals surface area (Å²) < 4.78 is 40.1. The number of hydrogen-bond donors (Lipinski definition) is 1. The Labute approximate surface area is 249 Å². The van der Waals surface area contributed by atoms with E-state index in [0.29, 0.717) is 11.4 Å². The number of nitrogens with one attached hydrogen (secondary N) is 1. The normalized spacial score (nSPS) is 12.3. The summed E-state index contributed by atoms with van der Waals surface area (Å²) in [6.07, 6.45) is 0. The Morgan fingerprint density at radius 3 is 2.02 bits per heavy atom. The molecule has 0 aliphatic rings. The van der Waals surface area contributed by atoms with Gasteiger partial charge in [-0.15, -0.1) is 0 Å². The van der Waals surface area contributed by atoms with Crippen molar-refractivity contribution >= 4 is 27.5 Å². The summed E-state index contributed by atoms with van der Waals surface area (Å²) in [5, 5.41) is 2.93. The minimum absolute atomic E-state index is 0.0692. The van der Waals surface area contributed by atoms with Crippen LogP contribution in [0, 0.1) is 13.8 Å². The summed E-state index contributed by atoms with van der Waals surface area (Å²) >= 11 is 0. The van der Waals surface area contributed by atoms with Crippen LogP contribution in [0.25, 0.3) is 0 Å². The van der Waals surface area contributed by atoms with Gasteiger partial charge in [0.05, 0.1) is 24.8 Å². The number of methoxy groups -OCH3 is 2. The first-order chi connectivity index (χ1) is 19.7. The van der Waals surface area contributed by atoms with E-state index in [9.17, 15) is 18.0 Å². The van der Waals surface area contributed by atoms with Crippen LogP contribution in [0.5, 0.6) is 11.5 Å². The smallest absolute Gasteiger partial charge is 0.264 e. The van der Waals surface area contributed by atoms with Crippen molar-refractivity contribution in [2.24, 2.45) is 0 Å². The Bertz CT molecular complexity index is 1500. The lowest BCUT2D eigenvalue weighted by Gasteiger charge is -2.33. The third-order valence-corrected chi connectivity index (χ3v) is 8.35. The molecule has 0 aliphatic carbocycles. The van der Waals surface area contributed by atoms with Crippen molar-refractivity contribution in [2.45, 2.75) is 64.6 Å². The number of anilines is 1. The highest BCUT2D eigenvalue weighted by Crippen LogP contribution is 2.33. The van der Waals surface area contributed by atoms with Gasteiger partial charge in [0.1, 0.15) is 12.6 Å². The van der Waals surface area contributed by atoms with E-state index in [4.69, 9.17) is 9.47 Å².